The molecule has 2 aliphatic heterocycles. The van der Waals surface area contributed by atoms with E-state index in [1.807, 2.05) is 0 Å². The number of fused-ring (bicyclic) bond motifs is 1. The molecule has 180 valence electrons. The average Bonchev–Trinajstić information content (AvgIpc) is 3.47. The van der Waals surface area contributed by atoms with Crippen LogP contribution < -0.4 is 5.32 Å². The molecule has 0 bridgehead atoms. The van der Waals surface area contributed by atoms with Crippen LogP contribution in [0.4, 0.5) is 5.00 Å². The monoisotopic (exact) mass is 511 g/mol. The SMILES string of the molecule is CCCN1CCc2c(sc(NC(=O)C3CCCCN3S(=O)(=O)c3cccs3)c2C(=O)OC)C1. The summed E-state index contributed by atoms with van der Waals surface area (Å²) in [4.78, 5) is 29.4. The van der Waals surface area contributed by atoms with E-state index in [9.17, 15) is 18.0 Å². The maximum absolute atomic E-state index is 13.4. The first kappa shape index (κ1) is 24.3. The van der Waals surface area contributed by atoms with Crippen LogP contribution in [-0.4, -0.2) is 62.3 Å². The molecule has 1 N–H and O–H groups in total. The van der Waals surface area contributed by atoms with Gasteiger partial charge in [0.25, 0.3) is 10.0 Å². The molecule has 1 atom stereocenters. The number of hydrogen-bond acceptors (Lipinski definition) is 8. The Morgan fingerprint density at radius 2 is 2.09 bits per heavy atom. The van der Waals surface area contributed by atoms with E-state index in [2.05, 4.69) is 17.1 Å². The van der Waals surface area contributed by atoms with Gasteiger partial charge in [0.1, 0.15) is 15.3 Å². The van der Waals surface area contributed by atoms with E-state index in [0.29, 0.717) is 36.4 Å². The summed E-state index contributed by atoms with van der Waals surface area (Å²) in [7, 11) is -2.42. The van der Waals surface area contributed by atoms with Crippen molar-refractivity contribution in [3.8, 4) is 0 Å². The van der Waals surface area contributed by atoms with E-state index in [4.69, 9.17) is 4.74 Å². The molecule has 2 aromatic rings. The summed E-state index contributed by atoms with van der Waals surface area (Å²) in [5, 5.41) is 5.07. The van der Waals surface area contributed by atoms with Crippen LogP contribution >= 0.6 is 22.7 Å². The quantitative estimate of drug-likeness (QED) is 0.571. The highest BCUT2D eigenvalue weighted by molar-refractivity contribution is 7.91. The molecular formula is C22H29N3O5S3. The fourth-order valence-corrected chi connectivity index (χ4v) is 8.60. The zero-order chi connectivity index (χ0) is 23.6. The third kappa shape index (κ3) is 4.88. The molecule has 0 aromatic carbocycles. The number of ether oxygens (including phenoxy) is 1. The van der Waals surface area contributed by atoms with Crippen LogP contribution in [0.1, 0.15) is 53.4 Å². The summed E-state index contributed by atoms with van der Waals surface area (Å²) in [6, 6.07) is 2.44. The van der Waals surface area contributed by atoms with Gasteiger partial charge in [0, 0.05) is 24.5 Å². The minimum absolute atomic E-state index is 0.236. The number of nitrogens with one attached hydrogen (secondary N) is 1. The molecule has 0 radical (unpaired) electrons. The molecule has 0 spiro atoms. The Bertz CT molecular complexity index is 1110. The number of esters is 1. The highest BCUT2D eigenvalue weighted by Crippen LogP contribution is 2.38. The summed E-state index contributed by atoms with van der Waals surface area (Å²) in [6.45, 7) is 5.00. The summed E-state index contributed by atoms with van der Waals surface area (Å²) < 4.78 is 32.9. The van der Waals surface area contributed by atoms with Gasteiger partial charge in [-0.15, -0.1) is 22.7 Å². The molecule has 4 heterocycles. The van der Waals surface area contributed by atoms with Crippen LogP contribution in [0.25, 0.3) is 0 Å². The fourth-order valence-electron chi connectivity index (χ4n) is 4.55. The number of methoxy groups -OCH3 is 1. The predicted octanol–water partition coefficient (Wildman–Crippen LogP) is 3.55. The normalized spacial score (nSPS) is 19.8. The Kier molecular flexibility index (Phi) is 7.54. The van der Waals surface area contributed by atoms with Crippen LogP contribution in [0.2, 0.25) is 0 Å². The van der Waals surface area contributed by atoms with Gasteiger partial charge in [-0.25, -0.2) is 13.2 Å². The van der Waals surface area contributed by atoms with E-state index in [1.54, 1.807) is 17.5 Å². The molecular weight excluding hydrogens is 482 g/mol. The van der Waals surface area contributed by atoms with Gasteiger partial charge < -0.3 is 10.1 Å². The second kappa shape index (κ2) is 10.2. The van der Waals surface area contributed by atoms with Crippen LogP contribution in [0, 0.1) is 0 Å². The first-order valence-electron chi connectivity index (χ1n) is 11.2. The first-order valence-corrected chi connectivity index (χ1v) is 14.3. The number of thiophene rings is 2. The van der Waals surface area contributed by atoms with Crippen molar-refractivity contribution in [3.63, 3.8) is 0 Å². The van der Waals surface area contributed by atoms with E-state index in [1.165, 1.54) is 22.8 Å². The van der Waals surface area contributed by atoms with Gasteiger partial charge in [0.2, 0.25) is 5.91 Å². The summed E-state index contributed by atoms with van der Waals surface area (Å²) in [5.41, 5.74) is 1.34. The molecule has 1 amide bonds. The number of carbonyl (C=O) groups excluding carboxylic acids is 2. The van der Waals surface area contributed by atoms with Crippen molar-refractivity contribution in [2.75, 3.05) is 32.1 Å². The van der Waals surface area contributed by atoms with E-state index < -0.39 is 27.9 Å². The van der Waals surface area contributed by atoms with E-state index >= 15 is 0 Å². The largest absolute Gasteiger partial charge is 0.465 e. The number of rotatable bonds is 7. The highest BCUT2D eigenvalue weighted by atomic mass is 32.2. The van der Waals surface area contributed by atoms with Gasteiger partial charge in [-0.2, -0.15) is 4.31 Å². The molecule has 2 aliphatic rings. The number of piperidine rings is 1. The van der Waals surface area contributed by atoms with Gasteiger partial charge in [-0.05, 0) is 49.2 Å². The number of hydrogen-bond donors (Lipinski definition) is 1. The van der Waals surface area contributed by atoms with E-state index in [0.717, 1.165) is 54.3 Å². The van der Waals surface area contributed by atoms with Gasteiger partial charge in [-0.3, -0.25) is 9.69 Å². The van der Waals surface area contributed by atoms with Crippen molar-refractivity contribution in [2.45, 2.75) is 55.8 Å². The van der Waals surface area contributed by atoms with Gasteiger partial charge in [-0.1, -0.05) is 19.4 Å². The summed E-state index contributed by atoms with van der Waals surface area (Å²) in [5.74, 6) is -0.873. The minimum atomic E-state index is -3.76. The van der Waals surface area contributed by atoms with E-state index in [-0.39, 0.29) is 4.21 Å². The lowest BCUT2D eigenvalue weighted by molar-refractivity contribution is -0.120. The maximum Gasteiger partial charge on any atom is 0.341 e. The Morgan fingerprint density at radius 1 is 1.27 bits per heavy atom. The van der Waals surface area contributed by atoms with Crippen LogP contribution in [0.15, 0.2) is 21.7 Å². The van der Waals surface area contributed by atoms with Crippen LogP contribution in [0.5, 0.6) is 0 Å². The smallest absolute Gasteiger partial charge is 0.341 e. The lowest BCUT2D eigenvalue weighted by Crippen LogP contribution is -2.49. The topological polar surface area (TPSA) is 96.0 Å². The zero-order valence-electron chi connectivity index (χ0n) is 18.8. The molecule has 0 saturated carbocycles. The second-order valence-electron chi connectivity index (χ2n) is 8.27. The van der Waals surface area contributed by atoms with Gasteiger partial charge in [0.15, 0.2) is 0 Å². The van der Waals surface area contributed by atoms with Crippen molar-refractivity contribution < 1.29 is 22.7 Å². The number of anilines is 1. The Labute approximate surface area is 202 Å². The van der Waals surface area contributed by atoms with Crippen LogP contribution in [-0.2, 0) is 32.5 Å². The molecule has 0 aliphatic carbocycles. The number of amides is 1. The van der Waals surface area contributed by atoms with Crippen molar-refractivity contribution >= 4 is 49.6 Å². The summed E-state index contributed by atoms with van der Waals surface area (Å²) >= 11 is 2.54. The lowest BCUT2D eigenvalue weighted by atomic mass is 10.0. The third-order valence-corrected chi connectivity index (χ3v) is 10.5. The Hall–Kier alpha value is -1.79. The van der Waals surface area contributed by atoms with Gasteiger partial charge in [0.05, 0.1) is 12.7 Å². The minimum Gasteiger partial charge on any atom is -0.465 e. The Balaban J connectivity index is 1.61. The second-order valence-corrected chi connectivity index (χ2v) is 12.4. The predicted molar refractivity (Wildman–Crippen MR) is 129 cm³/mol. The molecule has 33 heavy (non-hydrogen) atoms. The molecule has 4 rings (SSSR count). The highest BCUT2D eigenvalue weighted by Gasteiger charge is 2.39. The molecule has 1 saturated heterocycles. The standard InChI is InChI=1S/C22H29N3O5S3/c1-3-10-24-12-9-15-17(14-24)32-21(19(15)22(27)30-2)23-20(26)16-7-4-5-11-25(16)33(28,29)18-8-6-13-31-18/h6,8,13,16H,3-5,7,9-12,14H2,1-2H3,(H,23,26). The molecule has 11 heteroatoms. The molecule has 2 aromatic heterocycles. The zero-order valence-corrected chi connectivity index (χ0v) is 21.3. The fraction of sp³-hybridized carbons (Fsp3) is 0.545. The lowest BCUT2D eigenvalue weighted by Gasteiger charge is -2.33. The summed E-state index contributed by atoms with van der Waals surface area (Å²) in [6.07, 6.45) is 3.69. The Morgan fingerprint density at radius 3 is 2.79 bits per heavy atom. The molecule has 1 unspecified atom stereocenters. The number of sulfonamides is 1. The third-order valence-electron chi connectivity index (χ3n) is 6.12. The maximum atomic E-state index is 13.4. The van der Waals surface area contributed by atoms with Crippen molar-refractivity contribution in [2.24, 2.45) is 0 Å². The van der Waals surface area contributed by atoms with Crippen LogP contribution in [0.3, 0.4) is 0 Å². The first-order chi connectivity index (χ1) is 15.9. The average molecular weight is 512 g/mol. The number of nitrogens with zero attached hydrogens (tertiary/aromatic N) is 2. The van der Waals surface area contributed by atoms with Crippen molar-refractivity contribution in [1.29, 1.82) is 0 Å². The molecule has 8 nitrogen and oxygen atoms in total. The number of carbonyl (C=O) groups is 2. The van der Waals surface area contributed by atoms with Crippen molar-refractivity contribution in [3.05, 3.63) is 33.5 Å². The molecule has 1 fully saturated rings. The van der Waals surface area contributed by atoms with Crippen molar-refractivity contribution in [1.82, 2.24) is 9.21 Å². The van der Waals surface area contributed by atoms with Gasteiger partial charge >= 0.3 is 5.97 Å².